The maximum Gasteiger partial charge on any atom is 0.231 e. The Morgan fingerprint density at radius 1 is 1.23 bits per heavy atom. The number of aryl methyl sites for hydroxylation is 1. The van der Waals surface area contributed by atoms with Gasteiger partial charge in [-0.2, -0.15) is 0 Å². The van der Waals surface area contributed by atoms with Crippen molar-refractivity contribution in [3.8, 4) is 17.2 Å². The normalized spacial score (nSPS) is 16.8. The molecule has 130 valence electrons. The third kappa shape index (κ3) is 2.07. The number of carbonyl (C=O) groups is 1. The number of allylic oxidation sites excluding steroid dienone is 1. The maximum atomic E-state index is 12.7. The van der Waals surface area contributed by atoms with Crippen LogP contribution in [0.15, 0.2) is 42.2 Å². The average molecular weight is 347 g/mol. The number of ether oxygens (including phenoxy) is 2. The zero-order valence-corrected chi connectivity index (χ0v) is 14.3. The first-order valence-corrected chi connectivity index (χ1v) is 8.62. The number of aromatic hydroxyl groups is 1. The lowest BCUT2D eigenvalue weighted by Gasteiger charge is -2.03. The molecule has 0 bridgehead atoms. The van der Waals surface area contributed by atoms with E-state index in [9.17, 15) is 9.90 Å². The van der Waals surface area contributed by atoms with Gasteiger partial charge in [0, 0.05) is 34.8 Å². The quantitative estimate of drug-likeness (QED) is 0.714. The summed E-state index contributed by atoms with van der Waals surface area (Å²) in [5.74, 6) is 1.40. The van der Waals surface area contributed by atoms with E-state index in [2.05, 4.69) is 10.6 Å². The molecular formula is C21H17NO4. The maximum absolute atomic E-state index is 12.7. The minimum Gasteiger partial charge on any atom is -0.508 e. The Balaban J connectivity index is 1.68. The summed E-state index contributed by atoms with van der Waals surface area (Å²) in [6, 6.07) is 10.6. The van der Waals surface area contributed by atoms with E-state index in [0.717, 1.165) is 41.6 Å². The standard InChI is InChI=1S/C21H17NO4/c1-25-13-5-7-18-15(10-13)16(17-3-2-8-22(17)18)11-20-21(24)14-6-4-12(23)9-19(14)26-20/h4-7,9-11,23H,2-3,8H2,1H3. The molecule has 0 aliphatic carbocycles. The Hall–Kier alpha value is -3.21. The van der Waals surface area contributed by atoms with Crippen molar-refractivity contribution < 1.29 is 19.4 Å². The monoisotopic (exact) mass is 347 g/mol. The lowest BCUT2D eigenvalue weighted by molar-refractivity contribution is 0.101. The molecule has 0 unspecified atom stereocenters. The Morgan fingerprint density at radius 2 is 2.12 bits per heavy atom. The predicted octanol–water partition coefficient (Wildman–Crippen LogP) is 3.92. The SMILES string of the molecule is COc1ccc2c(c1)c(C=C1Oc3cc(O)ccc3C1=O)c1n2CCC1. The van der Waals surface area contributed by atoms with E-state index >= 15 is 0 Å². The van der Waals surface area contributed by atoms with Crippen LogP contribution in [0.25, 0.3) is 17.0 Å². The Labute approximate surface area is 150 Å². The number of phenols is 1. The van der Waals surface area contributed by atoms with Gasteiger partial charge in [0.2, 0.25) is 5.78 Å². The van der Waals surface area contributed by atoms with E-state index in [1.54, 1.807) is 13.2 Å². The van der Waals surface area contributed by atoms with Gasteiger partial charge in [-0.25, -0.2) is 0 Å². The van der Waals surface area contributed by atoms with Crippen LogP contribution < -0.4 is 9.47 Å². The van der Waals surface area contributed by atoms with E-state index < -0.39 is 0 Å². The van der Waals surface area contributed by atoms with Gasteiger partial charge in [-0.3, -0.25) is 4.79 Å². The van der Waals surface area contributed by atoms with Crippen LogP contribution in [-0.4, -0.2) is 22.6 Å². The molecule has 1 aromatic heterocycles. The first-order chi connectivity index (χ1) is 12.7. The molecule has 3 aromatic rings. The highest BCUT2D eigenvalue weighted by atomic mass is 16.5. The number of fused-ring (bicyclic) bond motifs is 4. The summed E-state index contributed by atoms with van der Waals surface area (Å²) in [4.78, 5) is 12.7. The minimum absolute atomic E-state index is 0.0812. The van der Waals surface area contributed by atoms with E-state index in [4.69, 9.17) is 9.47 Å². The van der Waals surface area contributed by atoms with Crippen LogP contribution in [0.5, 0.6) is 17.2 Å². The van der Waals surface area contributed by atoms with Crippen LogP contribution in [0, 0.1) is 0 Å². The number of hydrogen-bond acceptors (Lipinski definition) is 4. The van der Waals surface area contributed by atoms with Gasteiger partial charge >= 0.3 is 0 Å². The van der Waals surface area contributed by atoms with Crippen LogP contribution in [0.3, 0.4) is 0 Å². The van der Waals surface area contributed by atoms with Gasteiger partial charge in [-0.15, -0.1) is 0 Å². The largest absolute Gasteiger partial charge is 0.508 e. The summed E-state index contributed by atoms with van der Waals surface area (Å²) in [5.41, 5.74) is 3.85. The number of methoxy groups -OCH3 is 1. The summed E-state index contributed by atoms with van der Waals surface area (Å²) < 4.78 is 13.4. The fourth-order valence-corrected chi connectivity index (χ4v) is 3.94. The van der Waals surface area contributed by atoms with E-state index in [1.807, 2.05) is 18.2 Å². The van der Waals surface area contributed by atoms with E-state index in [0.29, 0.717) is 11.3 Å². The number of rotatable bonds is 2. The van der Waals surface area contributed by atoms with Crippen molar-refractivity contribution in [3.63, 3.8) is 0 Å². The zero-order chi connectivity index (χ0) is 17.8. The fraction of sp³-hybridized carbons (Fsp3) is 0.190. The van der Waals surface area contributed by atoms with Crippen molar-refractivity contribution in [1.82, 2.24) is 4.57 Å². The second kappa shape index (κ2) is 5.39. The molecule has 2 aromatic carbocycles. The molecule has 0 amide bonds. The Kier molecular flexibility index (Phi) is 3.13. The molecule has 0 atom stereocenters. The Bertz CT molecular complexity index is 1110. The van der Waals surface area contributed by atoms with Crippen LogP contribution in [0.4, 0.5) is 0 Å². The number of benzene rings is 2. The smallest absolute Gasteiger partial charge is 0.231 e. The number of aromatic nitrogens is 1. The van der Waals surface area contributed by atoms with Crippen molar-refractivity contribution in [3.05, 3.63) is 59.0 Å². The fourth-order valence-electron chi connectivity index (χ4n) is 3.94. The van der Waals surface area contributed by atoms with E-state index in [1.165, 1.54) is 17.8 Å². The molecule has 0 radical (unpaired) electrons. The summed E-state index contributed by atoms with van der Waals surface area (Å²) in [6.07, 6.45) is 3.90. The third-order valence-corrected chi connectivity index (χ3v) is 5.15. The highest BCUT2D eigenvalue weighted by molar-refractivity contribution is 6.15. The molecule has 5 rings (SSSR count). The highest BCUT2D eigenvalue weighted by Gasteiger charge is 2.29. The molecule has 5 heteroatoms. The van der Waals surface area contributed by atoms with Gasteiger partial charge < -0.3 is 19.1 Å². The second-order valence-corrected chi connectivity index (χ2v) is 6.62. The van der Waals surface area contributed by atoms with Gasteiger partial charge in [0.15, 0.2) is 5.76 Å². The number of hydrogen-bond donors (Lipinski definition) is 1. The lowest BCUT2D eigenvalue weighted by atomic mass is 10.0. The predicted molar refractivity (Wildman–Crippen MR) is 97.9 cm³/mol. The van der Waals surface area contributed by atoms with Crippen LogP contribution in [-0.2, 0) is 13.0 Å². The molecule has 1 N–H and O–H groups in total. The van der Waals surface area contributed by atoms with Crippen molar-refractivity contribution in [1.29, 1.82) is 0 Å². The van der Waals surface area contributed by atoms with Crippen molar-refractivity contribution in [2.75, 3.05) is 7.11 Å². The number of phenolic OH excluding ortho intramolecular Hbond substituents is 1. The first kappa shape index (κ1) is 15.1. The Morgan fingerprint density at radius 3 is 2.96 bits per heavy atom. The number of nitrogens with zero attached hydrogens (tertiary/aromatic N) is 1. The van der Waals surface area contributed by atoms with Crippen LogP contribution >= 0.6 is 0 Å². The molecule has 26 heavy (non-hydrogen) atoms. The molecule has 0 fully saturated rings. The van der Waals surface area contributed by atoms with Crippen molar-refractivity contribution in [2.45, 2.75) is 19.4 Å². The van der Waals surface area contributed by atoms with Gasteiger partial charge in [-0.05, 0) is 49.2 Å². The molecule has 2 aliphatic heterocycles. The van der Waals surface area contributed by atoms with Crippen molar-refractivity contribution >= 4 is 22.8 Å². The molecular weight excluding hydrogens is 330 g/mol. The summed E-state index contributed by atoms with van der Waals surface area (Å²) in [5, 5.41) is 10.7. The molecule has 2 aliphatic rings. The summed E-state index contributed by atoms with van der Waals surface area (Å²) in [7, 11) is 1.65. The number of ketones is 1. The summed E-state index contributed by atoms with van der Waals surface area (Å²) in [6.45, 7) is 0.976. The topological polar surface area (TPSA) is 60.7 Å². The molecule has 0 saturated heterocycles. The number of carbonyl (C=O) groups excluding carboxylic acids is 1. The summed E-state index contributed by atoms with van der Waals surface area (Å²) >= 11 is 0. The van der Waals surface area contributed by atoms with Gasteiger partial charge in [0.05, 0.1) is 12.7 Å². The minimum atomic E-state index is -0.158. The van der Waals surface area contributed by atoms with Crippen molar-refractivity contribution in [2.24, 2.45) is 0 Å². The second-order valence-electron chi connectivity index (χ2n) is 6.62. The first-order valence-electron chi connectivity index (χ1n) is 8.62. The van der Waals surface area contributed by atoms with Crippen LogP contribution in [0.2, 0.25) is 0 Å². The van der Waals surface area contributed by atoms with Gasteiger partial charge in [0.25, 0.3) is 0 Å². The average Bonchev–Trinajstić information content (AvgIpc) is 3.30. The van der Waals surface area contributed by atoms with Crippen LogP contribution in [0.1, 0.15) is 28.0 Å². The highest BCUT2D eigenvalue weighted by Crippen LogP contribution is 2.38. The zero-order valence-electron chi connectivity index (χ0n) is 14.3. The van der Waals surface area contributed by atoms with Gasteiger partial charge in [-0.1, -0.05) is 0 Å². The van der Waals surface area contributed by atoms with Gasteiger partial charge in [0.1, 0.15) is 17.2 Å². The number of Topliss-reactive ketones (excluding diaryl/α,β-unsaturated/α-hetero) is 1. The molecule has 5 nitrogen and oxygen atoms in total. The third-order valence-electron chi connectivity index (χ3n) is 5.15. The lowest BCUT2D eigenvalue weighted by Crippen LogP contribution is -1.98. The van der Waals surface area contributed by atoms with E-state index in [-0.39, 0.29) is 17.3 Å². The molecule has 0 spiro atoms. The molecule has 3 heterocycles. The molecule has 0 saturated carbocycles.